The Labute approximate surface area is 257 Å². The third kappa shape index (κ3) is 7.99. The van der Waals surface area contributed by atoms with Crippen LogP contribution in [0.3, 0.4) is 0 Å². The van der Waals surface area contributed by atoms with Crippen LogP contribution in [0.5, 0.6) is 0 Å². The molecule has 0 heterocycles. The van der Waals surface area contributed by atoms with Gasteiger partial charge in [0.2, 0.25) is 0 Å². The summed E-state index contributed by atoms with van der Waals surface area (Å²) in [5.74, 6) is -0.00325. The van der Waals surface area contributed by atoms with Gasteiger partial charge < -0.3 is 4.90 Å². The van der Waals surface area contributed by atoms with Crippen LogP contribution >= 0.6 is 0 Å². The number of unbranched alkanes of at least 4 members (excludes halogenated alkanes) is 1. The van der Waals surface area contributed by atoms with E-state index in [1.54, 1.807) is 0 Å². The summed E-state index contributed by atoms with van der Waals surface area (Å²) in [4.78, 5) is 16.0. The van der Waals surface area contributed by atoms with E-state index in [0.717, 1.165) is 64.3 Å². The quantitative estimate of drug-likeness (QED) is 0.160. The van der Waals surface area contributed by atoms with Gasteiger partial charge in [-0.1, -0.05) is 112 Å². The fourth-order valence-corrected chi connectivity index (χ4v) is 5.43. The van der Waals surface area contributed by atoms with Gasteiger partial charge in [0.25, 0.3) is 5.91 Å². The number of amides is 1. The Morgan fingerprint density at radius 3 is 2.47 bits per heavy atom. The minimum absolute atomic E-state index is 0.00325. The van der Waals surface area contributed by atoms with E-state index in [2.05, 4.69) is 93.6 Å². The fourth-order valence-electron chi connectivity index (χ4n) is 5.43. The molecule has 0 aromatic heterocycles. The van der Waals surface area contributed by atoms with Crippen LogP contribution in [-0.4, -0.2) is 17.4 Å². The maximum Gasteiger partial charge on any atom is 0.254 e. The third-order valence-electron chi connectivity index (χ3n) is 7.81. The van der Waals surface area contributed by atoms with Gasteiger partial charge in [0.05, 0.1) is 11.6 Å². The Bertz CT molecular complexity index is 1690. The number of nitriles is 1. The highest BCUT2D eigenvalue weighted by molar-refractivity contribution is 5.98. The molecule has 1 amide bonds. The SMILES string of the molecule is C\C=C(/C=C\C=C\CCC)CN(Cc1ccc(C#N)c(-c2cccc3ccccc23)c1)C(=O)c1ccc(CCC)c(C)c1. The predicted octanol–water partition coefficient (Wildman–Crippen LogP) is 10.1. The van der Waals surface area contributed by atoms with Gasteiger partial charge in [-0.3, -0.25) is 4.79 Å². The minimum Gasteiger partial charge on any atom is -0.330 e. The first kappa shape index (κ1) is 31.3. The number of allylic oxidation sites excluding steroid dienone is 4. The largest absolute Gasteiger partial charge is 0.330 e. The first-order valence-corrected chi connectivity index (χ1v) is 15.4. The van der Waals surface area contributed by atoms with Gasteiger partial charge >= 0.3 is 0 Å². The number of hydrogen-bond acceptors (Lipinski definition) is 2. The highest BCUT2D eigenvalue weighted by Gasteiger charge is 2.19. The molecule has 43 heavy (non-hydrogen) atoms. The molecule has 0 saturated carbocycles. The lowest BCUT2D eigenvalue weighted by Crippen LogP contribution is -2.32. The highest BCUT2D eigenvalue weighted by Crippen LogP contribution is 2.32. The van der Waals surface area contributed by atoms with Gasteiger partial charge in [-0.15, -0.1) is 0 Å². The molecule has 0 spiro atoms. The maximum absolute atomic E-state index is 14.1. The number of fused-ring (bicyclic) bond motifs is 1. The van der Waals surface area contributed by atoms with Crippen molar-refractivity contribution in [2.75, 3.05) is 6.54 Å². The van der Waals surface area contributed by atoms with Crippen molar-refractivity contribution in [3.05, 3.63) is 143 Å². The Morgan fingerprint density at radius 1 is 0.907 bits per heavy atom. The molecule has 3 nitrogen and oxygen atoms in total. The normalized spacial score (nSPS) is 11.8. The second-order valence-electron chi connectivity index (χ2n) is 11.0. The molecule has 0 radical (unpaired) electrons. The van der Waals surface area contributed by atoms with Gasteiger partial charge in [-0.25, -0.2) is 0 Å². The van der Waals surface area contributed by atoms with Crippen molar-refractivity contribution >= 4 is 16.7 Å². The lowest BCUT2D eigenvalue weighted by Gasteiger charge is -2.25. The molecule has 3 heteroatoms. The molecule has 0 aliphatic rings. The molecule has 4 aromatic rings. The zero-order valence-corrected chi connectivity index (χ0v) is 25.9. The summed E-state index contributed by atoms with van der Waals surface area (Å²) in [6.45, 7) is 9.35. The highest BCUT2D eigenvalue weighted by atomic mass is 16.2. The average Bonchev–Trinajstić information content (AvgIpc) is 3.04. The van der Waals surface area contributed by atoms with E-state index in [9.17, 15) is 10.1 Å². The molecule has 4 aromatic carbocycles. The number of rotatable bonds is 12. The lowest BCUT2D eigenvalue weighted by molar-refractivity contribution is 0.0759. The van der Waals surface area contributed by atoms with Crippen molar-refractivity contribution in [2.24, 2.45) is 0 Å². The molecule has 0 aliphatic carbocycles. The number of carbonyl (C=O) groups is 1. The van der Waals surface area contributed by atoms with Crippen LogP contribution in [0.1, 0.15) is 72.6 Å². The number of aryl methyl sites for hydroxylation is 2. The molecule has 0 N–H and O–H groups in total. The second kappa shape index (κ2) is 15.5. The summed E-state index contributed by atoms with van der Waals surface area (Å²) in [7, 11) is 0. The van der Waals surface area contributed by atoms with Crippen LogP contribution in [0.15, 0.2) is 115 Å². The van der Waals surface area contributed by atoms with Gasteiger partial charge in [0.1, 0.15) is 0 Å². The van der Waals surface area contributed by atoms with Gasteiger partial charge in [0.15, 0.2) is 0 Å². The second-order valence-corrected chi connectivity index (χ2v) is 11.0. The van der Waals surface area contributed by atoms with Crippen LogP contribution in [0.4, 0.5) is 0 Å². The standard InChI is InChI=1S/C40H42N2O/c1-5-8-9-10-11-16-31(7-3)28-42(40(43)35-24-23-33(15-6-2)30(4)25-35)29-32-21-22-36(27-41)39(26-32)38-20-14-18-34-17-12-13-19-37(34)38/h7,9-14,16-26H,5-6,8,15,28-29H2,1-4H3/b10-9+,16-11-,31-7+. The first-order chi connectivity index (χ1) is 21.0. The Balaban J connectivity index is 1.72. The molecule has 0 aliphatic heterocycles. The summed E-state index contributed by atoms with van der Waals surface area (Å²) >= 11 is 0. The number of nitrogens with zero attached hydrogens (tertiary/aromatic N) is 2. The molecule has 4 rings (SSSR count). The van der Waals surface area contributed by atoms with E-state index < -0.39 is 0 Å². The topological polar surface area (TPSA) is 44.1 Å². The smallest absolute Gasteiger partial charge is 0.254 e. The van der Waals surface area contributed by atoms with Crippen LogP contribution in [-0.2, 0) is 13.0 Å². The van der Waals surface area contributed by atoms with Crippen LogP contribution < -0.4 is 0 Å². The number of hydrogen-bond donors (Lipinski definition) is 0. The van der Waals surface area contributed by atoms with Gasteiger partial charge in [-0.05, 0) is 89.6 Å². The number of carbonyl (C=O) groups excluding carboxylic acids is 1. The molecular weight excluding hydrogens is 524 g/mol. The van der Waals surface area contributed by atoms with Crippen molar-refractivity contribution in [1.82, 2.24) is 4.90 Å². The maximum atomic E-state index is 14.1. The lowest BCUT2D eigenvalue weighted by atomic mass is 9.93. The zero-order chi connectivity index (χ0) is 30.6. The van der Waals surface area contributed by atoms with Crippen molar-refractivity contribution in [3.8, 4) is 17.2 Å². The van der Waals surface area contributed by atoms with E-state index in [4.69, 9.17) is 0 Å². The summed E-state index contributed by atoms with van der Waals surface area (Å²) in [6.07, 6.45) is 14.7. The van der Waals surface area contributed by atoms with Crippen LogP contribution in [0.25, 0.3) is 21.9 Å². The summed E-state index contributed by atoms with van der Waals surface area (Å²) < 4.78 is 0. The molecular formula is C40H42N2O. The third-order valence-corrected chi connectivity index (χ3v) is 7.81. The summed E-state index contributed by atoms with van der Waals surface area (Å²) in [6, 6.07) is 28.8. The Kier molecular flexibility index (Phi) is 11.3. The van der Waals surface area contributed by atoms with Crippen molar-refractivity contribution in [2.45, 2.75) is 59.9 Å². The Morgan fingerprint density at radius 2 is 1.72 bits per heavy atom. The summed E-state index contributed by atoms with van der Waals surface area (Å²) in [5, 5.41) is 12.2. The van der Waals surface area contributed by atoms with E-state index >= 15 is 0 Å². The van der Waals surface area contributed by atoms with Crippen molar-refractivity contribution in [1.29, 1.82) is 5.26 Å². The molecule has 218 valence electrons. The summed E-state index contributed by atoms with van der Waals surface area (Å²) in [5.41, 5.74) is 7.71. The van der Waals surface area contributed by atoms with Gasteiger partial charge in [-0.2, -0.15) is 5.26 Å². The van der Waals surface area contributed by atoms with Crippen LogP contribution in [0, 0.1) is 18.3 Å². The van der Waals surface area contributed by atoms with Gasteiger partial charge in [0, 0.05) is 24.2 Å². The monoisotopic (exact) mass is 566 g/mol. The molecule has 0 bridgehead atoms. The molecule has 0 fully saturated rings. The van der Waals surface area contributed by atoms with E-state index in [-0.39, 0.29) is 5.91 Å². The van der Waals surface area contributed by atoms with E-state index in [1.807, 2.05) is 54.3 Å². The number of benzene rings is 4. The fraction of sp³-hybridized carbons (Fsp3) is 0.250. The molecule has 0 saturated heterocycles. The van der Waals surface area contributed by atoms with Crippen LogP contribution in [0.2, 0.25) is 0 Å². The molecule has 0 atom stereocenters. The first-order valence-electron chi connectivity index (χ1n) is 15.4. The Hall–Kier alpha value is -4.68. The zero-order valence-electron chi connectivity index (χ0n) is 25.9. The predicted molar refractivity (Wildman–Crippen MR) is 181 cm³/mol. The van der Waals surface area contributed by atoms with E-state index in [0.29, 0.717) is 24.2 Å². The molecule has 0 unspecified atom stereocenters. The van der Waals surface area contributed by atoms with E-state index in [1.165, 1.54) is 5.56 Å². The average molecular weight is 567 g/mol. The minimum atomic E-state index is -0.00325. The van der Waals surface area contributed by atoms with Crippen molar-refractivity contribution in [3.63, 3.8) is 0 Å². The van der Waals surface area contributed by atoms with Crippen molar-refractivity contribution < 1.29 is 4.79 Å².